The number of benzene rings is 1. The third-order valence-electron chi connectivity index (χ3n) is 10.7. The molecule has 3 N–H and O–H groups in total. The molecular formula is C39H51N5O8S. The van der Waals surface area contributed by atoms with Crippen molar-refractivity contribution >= 4 is 45.6 Å². The molecule has 0 aromatic heterocycles. The van der Waals surface area contributed by atoms with Gasteiger partial charge in [0.05, 0.1) is 18.0 Å². The molecule has 1 heterocycles. The van der Waals surface area contributed by atoms with Gasteiger partial charge in [0.2, 0.25) is 21.8 Å². The molecule has 5 atom stereocenters. The maximum atomic E-state index is 14.4. The molecule has 53 heavy (non-hydrogen) atoms. The number of amides is 4. The second kappa shape index (κ2) is 15.5. The van der Waals surface area contributed by atoms with Crippen LogP contribution in [-0.4, -0.2) is 85.0 Å². The lowest BCUT2D eigenvalue weighted by Gasteiger charge is -2.35. The Bertz CT molecular complexity index is 1790. The van der Waals surface area contributed by atoms with Crippen molar-refractivity contribution in [3.63, 3.8) is 0 Å². The number of nitrogens with zero attached hydrogens (tertiary/aromatic N) is 2. The molecule has 4 amide bonds. The number of rotatable bonds is 13. The molecule has 0 unspecified atom stereocenters. The van der Waals surface area contributed by atoms with Gasteiger partial charge in [-0.05, 0) is 79.9 Å². The summed E-state index contributed by atoms with van der Waals surface area (Å²) in [7, 11) is -3.88. The Morgan fingerprint density at radius 2 is 1.72 bits per heavy atom. The average Bonchev–Trinajstić information content (AvgIpc) is 4.00. The zero-order valence-electron chi connectivity index (χ0n) is 30.7. The number of ether oxygens (including phenoxy) is 1. The van der Waals surface area contributed by atoms with Gasteiger partial charge in [-0.15, -0.1) is 6.58 Å². The first-order valence-corrected chi connectivity index (χ1v) is 20.2. The first-order chi connectivity index (χ1) is 25.2. The third-order valence-corrected chi connectivity index (χ3v) is 12.5. The van der Waals surface area contributed by atoms with E-state index in [-0.39, 0.29) is 25.5 Å². The monoisotopic (exact) mass is 749 g/mol. The topological polar surface area (TPSA) is 173 Å². The molecule has 6 rings (SSSR count). The van der Waals surface area contributed by atoms with Crippen LogP contribution in [0, 0.1) is 11.3 Å². The molecule has 4 fully saturated rings. The molecule has 0 radical (unpaired) electrons. The van der Waals surface area contributed by atoms with Crippen molar-refractivity contribution in [3.05, 3.63) is 66.3 Å². The smallest absolute Gasteiger partial charge is 0.408 e. The highest BCUT2D eigenvalue weighted by Gasteiger charge is 2.62. The fourth-order valence-electron chi connectivity index (χ4n) is 7.40. The minimum absolute atomic E-state index is 0.0270. The van der Waals surface area contributed by atoms with Crippen molar-refractivity contribution in [3.8, 4) is 0 Å². The normalized spacial score (nSPS) is 26.6. The van der Waals surface area contributed by atoms with Gasteiger partial charge in [0.15, 0.2) is 0 Å². The van der Waals surface area contributed by atoms with Crippen molar-refractivity contribution in [1.29, 1.82) is 0 Å². The maximum Gasteiger partial charge on any atom is 0.408 e. The predicted molar refractivity (Wildman–Crippen MR) is 200 cm³/mol. The number of carbonyl (C=O) groups excluding carboxylic acids is 4. The van der Waals surface area contributed by atoms with Crippen LogP contribution < -0.4 is 15.4 Å². The maximum absolute atomic E-state index is 14.4. The molecular weight excluding hydrogens is 699 g/mol. The van der Waals surface area contributed by atoms with Gasteiger partial charge in [0, 0.05) is 12.3 Å². The van der Waals surface area contributed by atoms with E-state index in [1.54, 1.807) is 6.21 Å². The lowest BCUT2D eigenvalue weighted by atomic mass is 9.85. The van der Waals surface area contributed by atoms with E-state index in [0.717, 1.165) is 55.2 Å². The van der Waals surface area contributed by atoms with Crippen LogP contribution in [0.1, 0.15) is 90.5 Å². The lowest BCUT2D eigenvalue weighted by Crippen LogP contribution is -2.60. The summed E-state index contributed by atoms with van der Waals surface area (Å²) in [5.74, 6) is -2.51. The number of oxime groups is 1. The van der Waals surface area contributed by atoms with E-state index >= 15 is 0 Å². The van der Waals surface area contributed by atoms with Crippen molar-refractivity contribution in [2.45, 2.75) is 120 Å². The second-order valence-corrected chi connectivity index (χ2v) is 17.8. The van der Waals surface area contributed by atoms with E-state index < -0.39 is 74.1 Å². The Labute approximate surface area is 311 Å². The Morgan fingerprint density at radius 3 is 2.36 bits per heavy atom. The number of likely N-dealkylation sites (tertiary alicyclic amines) is 1. The van der Waals surface area contributed by atoms with Crippen molar-refractivity contribution < 1.29 is 37.2 Å². The Balaban J connectivity index is 1.21. The first kappa shape index (κ1) is 38.3. The van der Waals surface area contributed by atoms with E-state index in [0.29, 0.717) is 12.8 Å². The molecule has 286 valence electrons. The largest absolute Gasteiger partial charge is 0.446 e. The summed E-state index contributed by atoms with van der Waals surface area (Å²) in [5.41, 5.74) is 0.653. The molecule has 3 saturated carbocycles. The van der Waals surface area contributed by atoms with Gasteiger partial charge < -0.3 is 25.1 Å². The van der Waals surface area contributed by atoms with Gasteiger partial charge in [-0.1, -0.05) is 74.5 Å². The minimum Gasteiger partial charge on any atom is -0.446 e. The molecule has 1 saturated heterocycles. The van der Waals surface area contributed by atoms with Gasteiger partial charge in [0.25, 0.3) is 5.91 Å². The van der Waals surface area contributed by atoms with Crippen LogP contribution in [0.5, 0.6) is 0 Å². The highest BCUT2D eigenvalue weighted by molar-refractivity contribution is 7.91. The van der Waals surface area contributed by atoms with E-state index in [1.807, 2.05) is 51.1 Å². The molecule has 1 aliphatic heterocycles. The molecule has 14 heteroatoms. The SMILES string of the molecule is C=C[C@@H]1C[C@@]1(NC(=O)[C@@H]1C[C@@H](O/N=C/C2=CCCC=C2c2ccccc2)CN1C(=O)[C@@H](NC(=O)OC1CCCC1)C(C)(C)C)C(=O)NS(=O)(=O)C1CC1. The van der Waals surface area contributed by atoms with E-state index in [4.69, 9.17) is 9.57 Å². The van der Waals surface area contributed by atoms with E-state index in [2.05, 4.69) is 39.2 Å². The zero-order chi connectivity index (χ0) is 38.0. The summed E-state index contributed by atoms with van der Waals surface area (Å²) in [5, 5.41) is 9.23. The molecule has 1 aromatic rings. The zero-order valence-corrected chi connectivity index (χ0v) is 31.5. The Hall–Kier alpha value is -4.46. The van der Waals surface area contributed by atoms with Gasteiger partial charge in [-0.2, -0.15) is 0 Å². The van der Waals surface area contributed by atoms with Crippen LogP contribution in [0.4, 0.5) is 4.79 Å². The number of carbonyl (C=O) groups is 4. The third kappa shape index (κ3) is 8.85. The summed E-state index contributed by atoms with van der Waals surface area (Å²) in [6.45, 7) is 9.17. The lowest BCUT2D eigenvalue weighted by molar-refractivity contribution is -0.143. The predicted octanol–water partition coefficient (Wildman–Crippen LogP) is 4.51. The first-order valence-electron chi connectivity index (χ1n) is 18.7. The Kier molecular flexibility index (Phi) is 11.2. The minimum atomic E-state index is -3.88. The van der Waals surface area contributed by atoms with Gasteiger partial charge >= 0.3 is 6.09 Å². The van der Waals surface area contributed by atoms with Crippen molar-refractivity contribution in [1.82, 2.24) is 20.3 Å². The van der Waals surface area contributed by atoms with Crippen LogP contribution >= 0.6 is 0 Å². The standard InChI is InChI=1S/C39H51N5O8S/c1-5-27-22-39(27,36(47)43-53(49,50)30-19-20-30)42-34(45)32-21-29(52-40-23-26-15-9-12-18-31(26)25-13-7-6-8-14-25)24-44(32)35(46)33(38(2,3)4)41-37(48)51-28-16-10-11-17-28/h5-8,13-15,18,23,27-30,32-33H,1,9-12,16-17,19-22,24H2,2-4H3,(H,41,48)(H,42,45)(H,43,47)/b40-23+/t27-,29-,32+,33-,39+/m1/s1. The van der Waals surface area contributed by atoms with Crippen LogP contribution in [0.15, 0.2) is 65.9 Å². The van der Waals surface area contributed by atoms with E-state index in [9.17, 15) is 27.6 Å². The van der Waals surface area contributed by atoms with E-state index in [1.165, 1.54) is 11.0 Å². The molecule has 13 nitrogen and oxygen atoms in total. The number of nitrogens with one attached hydrogen (secondary N) is 3. The molecule has 4 aliphatic carbocycles. The average molecular weight is 750 g/mol. The summed E-state index contributed by atoms with van der Waals surface area (Å²) in [4.78, 5) is 62.4. The number of allylic oxidation sites excluding steroid dienone is 4. The summed E-state index contributed by atoms with van der Waals surface area (Å²) < 4.78 is 33.1. The van der Waals surface area contributed by atoms with Gasteiger partial charge in [-0.3, -0.25) is 19.1 Å². The summed E-state index contributed by atoms with van der Waals surface area (Å²) in [6.07, 6.45) is 12.1. The molecule has 0 spiro atoms. The highest BCUT2D eigenvalue weighted by atomic mass is 32.2. The second-order valence-electron chi connectivity index (χ2n) is 15.9. The number of alkyl carbamates (subject to hydrolysis) is 1. The summed E-state index contributed by atoms with van der Waals surface area (Å²) >= 11 is 0. The number of sulfonamides is 1. The number of hydrogen-bond donors (Lipinski definition) is 3. The molecule has 1 aromatic carbocycles. The van der Waals surface area contributed by atoms with Crippen LogP contribution in [-0.2, 0) is 34.0 Å². The van der Waals surface area contributed by atoms with Gasteiger partial charge in [-0.25, -0.2) is 13.2 Å². The van der Waals surface area contributed by atoms with Crippen molar-refractivity contribution in [2.24, 2.45) is 16.5 Å². The quantitative estimate of drug-likeness (QED) is 0.150. The fourth-order valence-corrected chi connectivity index (χ4v) is 8.76. The van der Waals surface area contributed by atoms with Crippen LogP contribution in [0.3, 0.4) is 0 Å². The van der Waals surface area contributed by atoms with Crippen LogP contribution in [0.2, 0.25) is 0 Å². The highest BCUT2D eigenvalue weighted by Crippen LogP contribution is 2.45. The molecule has 0 bridgehead atoms. The molecule has 5 aliphatic rings. The Morgan fingerprint density at radius 1 is 1.02 bits per heavy atom. The van der Waals surface area contributed by atoms with Crippen LogP contribution in [0.25, 0.3) is 5.57 Å². The fraction of sp³-hybridized carbons (Fsp3) is 0.564. The summed E-state index contributed by atoms with van der Waals surface area (Å²) in [6, 6.07) is 7.76. The van der Waals surface area contributed by atoms with Crippen molar-refractivity contribution in [2.75, 3.05) is 6.54 Å². The number of hydrogen-bond acceptors (Lipinski definition) is 9. The van der Waals surface area contributed by atoms with Gasteiger partial charge in [0.1, 0.15) is 29.8 Å².